The summed E-state index contributed by atoms with van der Waals surface area (Å²) in [4.78, 5) is 42.4. The van der Waals surface area contributed by atoms with Crippen LogP contribution in [0.4, 0.5) is 11.4 Å². The van der Waals surface area contributed by atoms with Gasteiger partial charge in [-0.25, -0.2) is 0 Å². The number of benzene rings is 2. The molecule has 1 aliphatic rings. The molecule has 2 amide bonds. The molecule has 0 spiro atoms. The Morgan fingerprint density at radius 1 is 1.19 bits per heavy atom. The third-order valence-corrected chi connectivity index (χ3v) is 5.62. The third-order valence-electron chi connectivity index (χ3n) is 5.29. The Morgan fingerprint density at radius 2 is 2.03 bits per heavy atom. The lowest BCUT2D eigenvalue weighted by molar-refractivity contribution is -0.119. The Labute approximate surface area is 184 Å². The first-order valence-electron chi connectivity index (χ1n) is 10.1. The minimum atomic E-state index is -0.321. The second kappa shape index (κ2) is 8.69. The smallest absolute Gasteiger partial charge is 0.262 e. The molecule has 0 aliphatic carbocycles. The maximum absolute atomic E-state index is 12.8. The number of nitrogens with zero attached hydrogens (tertiary/aromatic N) is 2. The van der Waals surface area contributed by atoms with Gasteiger partial charge in [-0.05, 0) is 61.5 Å². The number of aromatic nitrogens is 2. The molecule has 7 nitrogen and oxygen atoms in total. The van der Waals surface area contributed by atoms with Crippen LogP contribution < -0.4 is 15.8 Å². The van der Waals surface area contributed by atoms with Crippen LogP contribution in [-0.2, 0) is 11.3 Å². The Balaban J connectivity index is 1.60. The van der Waals surface area contributed by atoms with Crippen molar-refractivity contribution < 1.29 is 9.59 Å². The fourth-order valence-corrected chi connectivity index (χ4v) is 3.99. The van der Waals surface area contributed by atoms with E-state index in [0.29, 0.717) is 41.7 Å². The summed E-state index contributed by atoms with van der Waals surface area (Å²) in [6, 6.07) is 12.1. The lowest BCUT2D eigenvalue weighted by Crippen LogP contribution is -2.35. The van der Waals surface area contributed by atoms with Crippen molar-refractivity contribution in [3.63, 3.8) is 0 Å². The van der Waals surface area contributed by atoms with Crippen LogP contribution in [0, 0.1) is 4.77 Å². The van der Waals surface area contributed by atoms with Crippen molar-refractivity contribution in [2.75, 3.05) is 16.8 Å². The van der Waals surface area contributed by atoms with Crippen LogP contribution in [0.5, 0.6) is 0 Å². The fourth-order valence-electron chi connectivity index (χ4n) is 3.72. The number of aromatic amines is 1. The lowest BCUT2D eigenvalue weighted by Gasteiger charge is -2.27. The van der Waals surface area contributed by atoms with Crippen molar-refractivity contribution in [3.8, 4) is 0 Å². The lowest BCUT2D eigenvalue weighted by atomic mass is 10.1. The number of nitrogens with one attached hydrogen (secondary N) is 2. The molecule has 1 saturated heterocycles. The average Bonchev–Trinajstić information content (AvgIpc) is 2.76. The van der Waals surface area contributed by atoms with Crippen LogP contribution in [0.1, 0.15) is 29.6 Å². The molecule has 8 heteroatoms. The molecule has 2 heterocycles. The number of carbonyl (C=O) groups is 2. The number of amides is 2. The van der Waals surface area contributed by atoms with E-state index in [-0.39, 0.29) is 22.1 Å². The van der Waals surface area contributed by atoms with Gasteiger partial charge >= 0.3 is 0 Å². The van der Waals surface area contributed by atoms with Crippen LogP contribution in [0.15, 0.2) is 59.9 Å². The first kappa shape index (κ1) is 20.7. The second-order valence-electron chi connectivity index (χ2n) is 7.40. The molecule has 0 unspecified atom stereocenters. The number of H-pyrrole nitrogens is 1. The highest BCUT2D eigenvalue weighted by atomic mass is 32.1. The minimum absolute atomic E-state index is 0.0987. The van der Waals surface area contributed by atoms with Gasteiger partial charge in [-0.2, -0.15) is 0 Å². The number of piperidine rings is 1. The van der Waals surface area contributed by atoms with Gasteiger partial charge in [-0.3, -0.25) is 19.0 Å². The third kappa shape index (κ3) is 4.20. The highest BCUT2D eigenvalue weighted by Crippen LogP contribution is 2.24. The van der Waals surface area contributed by atoms with Crippen molar-refractivity contribution in [3.05, 3.63) is 75.8 Å². The summed E-state index contributed by atoms with van der Waals surface area (Å²) < 4.78 is 1.69. The standard InChI is InChI=1S/C23H22N4O3S/c1-2-11-27-22(30)18-10-9-15(13-19(18)25-23(27)31)21(29)24-16-6-5-7-17(14-16)26-12-4-3-8-20(26)28/h2,5-7,9-10,13-14H,1,3-4,8,11-12H2,(H,24,29)(H,25,31). The van der Waals surface area contributed by atoms with Gasteiger partial charge in [0.05, 0.1) is 10.9 Å². The van der Waals surface area contributed by atoms with Gasteiger partial charge in [0.25, 0.3) is 11.5 Å². The van der Waals surface area contributed by atoms with E-state index in [1.54, 1.807) is 41.3 Å². The highest BCUT2D eigenvalue weighted by Gasteiger charge is 2.20. The zero-order valence-electron chi connectivity index (χ0n) is 16.9. The number of anilines is 2. The van der Waals surface area contributed by atoms with Crippen LogP contribution in [0.25, 0.3) is 10.9 Å². The number of carbonyl (C=O) groups excluding carboxylic acids is 2. The average molecular weight is 435 g/mol. The first-order valence-corrected chi connectivity index (χ1v) is 10.5. The number of hydrogen-bond acceptors (Lipinski definition) is 4. The first-order chi connectivity index (χ1) is 15.0. The molecule has 1 fully saturated rings. The van der Waals surface area contributed by atoms with Gasteiger partial charge in [-0.1, -0.05) is 12.1 Å². The summed E-state index contributed by atoms with van der Waals surface area (Å²) in [7, 11) is 0. The molecular weight excluding hydrogens is 412 g/mol. The van der Waals surface area contributed by atoms with E-state index in [2.05, 4.69) is 16.9 Å². The topological polar surface area (TPSA) is 87.2 Å². The Kier molecular flexibility index (Phi) is 5.81. The van der Waals surface area contributed by atoms with E-state index in [1.165, 1.54) is 4.57 Å². The van der Waals surface area contributed by atoms with E-state index < -0.39 is 0 Å². The number of allylic oxidation sites excluding steroid dienone is 1. The van der Waals surface area contributed by atoms with Crippen LogP contribution in [0.3, 0.4) is 0 Å². The minimum Gasteiger partial charge on any atom is -0.332 e. The summed E-state index contributed by atoms with van der Waals surface area (Å²) in [5.41, 5.74) is 2.02. The summed E-state index contributed by atoms with van der Waals surface area (Å²) in [6.07, 6.45) is 4.03. The zero-order valence-corrected chi connectivity index (χ0v) is 17.7. The molecule has 0 saturated carbocycles. The molecular formula is C23H22N4O3S. The largest absolute Gasteiger partial charge is 0.332 e. The number of fused-ring (bicyclic) bond motifs is 1. The summed E-state index contributed by atoms with van der Waals surface area (Å²) in [6.45, 7) is 4.63. The molecule has 31 heavy (non-hydrogen) atoms. The number of rotatable bonds is 5. The van der Waals surface area contributed by atoms with Gasteiger partial charge in [0.2, 0.25) is 5.91 Å². The quantitative estimate of drug-likeness (QED) is 0.469. The molecule has 158 valence electrons. The van der Waals surface area contributed by atoms with E-state index in [9.17, 15) is 14.4 Å². The molecule has 2 aromatic carbocycles. The van der Waals surface area contributed by atoms with Crippen molar-refractivity contribution >= 4 is 46.3 Å². The molecule has 0 radical (unpaired) electrons. The van der Waals surface area contributed by atoms with Crippen LogP contribution in [-0.4, -0.2) is 27.9 Å². The molecule has 0 atom stereocenters. The summed E-state index contributed by atoms with van der Waals surface area (Å²) in [5, 5.41) is 3.31. The molecule has 1 aromatic heterocycles. The van der Waals surface area contributed by atoms with Crippen molar-refractivity contribution in [1.29, 1.82) is 0 Å². The SMILES string of the molecule is C=CCn1c(=S)[nH]c2cc(C(=O)Nc3cccc(N4CCCCC4=O)c3)ccc2c1=O. The molecule has 4 rings (SSSR count). The molecule has 0 bridgehead atoms. The van der Waals surface area contributed by atoms with E-state index in [1.807, 2.05) is 12.1 Å². The maximum atomic E-state index is 12.8. The monoisotopic (exact) mass is 434 g/mol. The zero-order chi connectivity index (χ0) is 22.0. The van der Waals surface area contributed by atoms with Gasteiger partial charge in [-0.15, -0.1) is 6.58 Å². The number of hydrogen-bond donors (Lipinski definition) is 2. The van der Waals surface area contributed by atoms with Gasteiger partial charge in [0, 0.05) is 36.4 Å². The molecule has 1 aliphatic heterocycles. The van der Waals surface area contributed by atoms with E-state index in [0.717, 1.165) is 18.5 Å². The van der Waals surface area contributed by atoms with E-state index >= 15 is 0 Å². The Hall–Kier alpha value is -3.52. The second-order valence-corrected chi connectivity index (χ2v) is 7.79. The van der Waals surface area contributed by atoms with Crippen molar-refractivity contribution in [1.82, 2.24) is 9.55 Å². The molecule has 3 aromatic rings. The van der Waals surface area contributed by atoms with Crippen molar-refractivity contribution in [2.24, 2.45) is 0 Å². The predicted molar refractivity (Wildman–Crippen MR) is 124 cm³/mol. The predicted octanol–water partition coefficient (Wildman–Crippen LogP) is 4.01. The Bertz CT molecular complexity index is 1310. The van der Waals surface area contributed by atoms with Crippen LogP contribution >= 0.6 is 12.2 Å². The van der Waals surface area contributed by atoms with E-state index in [4.69, 9.17) is 12.2 Å². The van der Waals surface area contributed by atoms with Crippen LogP contribution in [0.2, 0.25) is 0 Å². The summed E-state index contributed by atoms with van der Waals surface area (Å²) in [5.74, 6) is -0.222. The highest BCUT2D eigenvalue weighted by molar-refractivity contribution is 7.71. The fraction of sp³-hybridized carbons (Fsp3) is 0.217. The van der Waals surface area contributed by atoms with Gasteiger partial charge in [0.1, 0.15) is 0 Å². The normalized spacial score (nSPS) is 13.9. The molecule has 2 N–H and O–H groups in total. The van der Waals surface area contributed by atoms with Crippen molar-refractivity contribution in [2.45, 2.75) is 25.8 Å². The maximum Gasteiger partial charge on any atom is 0.262 e. The van der Waals surface area contributed by atoms with Gasteiger partial charge < -0.3 is 15.2 Å². The Morgan fingerprint density at radius 3 is 2.81 bits per heavy atom. The summed E-state index contributed by atoms with van der Waals surface area (Å²) >= 11 is 5.26. The van der Waals surface area contributed by atoms with Gasteiger partial charge in [0.15, 0.2) is 4.77 Å².